The molecule has 24 heavy (non-hydrogen) atoms. The molecule has 0 radical (unpaired) electrons. The van der Waals surface area contributed by atoms with Crippen LogP contribution in [-0.2, 0) is 0 Å². The molecule has 0 aliphatic rings. The molecule has 114 valence electrons. The van der Waals surface area contributed by atoms with Crippen LogP contribution >= 0.6 is 0 Å². The van der Waals surface area contributed by atoms with Crippen molar-refractivity contribution < 1.29 is 4.79 Å². The summed E-state index contributed by atoms with van der Waals surface area (Å²) in [7, 11) is 0. The summed E-state index contributed by atoms with van der Waals surface area (Å²) in [6, 6.07) is 28.7. The summed E-state index contributed by atoms with van der Waals surface area (Å²) >= 11 is 0. The summed E-state index contributed by atoms with van der Waals surface area (Å²) in [4.78, 5) is 12.9. The van der Waals surface area contributed by atoms with E-state index in [0.717, 1.165) is 11.1 Å². The van der Waals surface area contributed by atoms with Gasteiger partial charge < -0.3 is 0 Å². The second-order valence-corrected chi connectivity index (χ2v) is 5.25. The molecule has 0 fully saturated rings. The second kappa shape index (κ2) is 7.76. The normalized spacial score (nSPS) is 10.6. The number of hydrogen-bond donors (Lipinski definition) is 0. The fourth-order valence-corrected chi connectivity index (χ4v) is 2.36. The largest absolute Gasteiger partial charge is 0.289 e. The van der Waals surface area contributed by atoms with E-state index in [4.69, 9.17) is 0 Å². The Labute approximate surface area is 142 Å². The van der Waals surface area contributed by atoms with E-state index < -0.39 is 0 Å². The average molecular weight is 308 g/mol. The Bertz CT molecular complexity index is 896. The monoisotopic (exact) mass is 308 g/mol. The highest BCUT2D eigenvalue weighted by molar-refractivity contribution is 6.29. The van der Waals surface area contributed by atoms with Crippen LogP contribution in [0, 0.1) is 11.8 Å². The Kier molecular flexibility index (Phi) is 5.02. The lowest BCUT2D eigenvalue weighted by Crippen LogP contribution is -2.02. The summed E-state index contributed by atoms with van der Waals surface area (Å²) in [5.41, 5.74) is 3.06. The Morgan fingerprint density at radius 3 is 1.75 bits per heavy atom. The van der Waals surface area contributed by atoms with Crippen LogP contribution in [-0.4, -0.2) is 5.78 Å². The van der Waals surface area contributed by atoms with Crippen LogP contribution in [0.25, 0.3) is 5.57 Å². The van der Waals surface area contributed by atoms with Crippen LogP contribution < -0.4 is 0 Å². The number of carbonyl (C=O) groups is 1. The van der Waals surface area contributed by atoms with Gasteiger partial charge in [-0.1, -0.05) is 90.7 Å². The molecule has 0 aliphatic carbocycles. The molecule has 3 rings (SSSR count). The van der Waals surface area contributed by atoms with Crippen LogP contribution in [0.15, 0.2) is 97.1 Å². The highest BCUT2D eigenvalue weighted by atomic mass is 16.1. The third-order valence-electron chi connectivity index (χ3n) is 3.57. The van der Waals surface area contributed by atoms with Crippen molar-refractivity contribution in [1.82, 2.24) is 0 Å². The number of ketones is 1. The third-order valence-corrected chi connectivity index (χ3v) is 3.57. The number of allylic oxidation sites excluding steroid dienone is 2. The zero-order valence-electron chi connectivity index (χ0n) is 13.1. The molecule has 0 atom stereocenters. The first kappa shape index (κ1) is 15.5. The molecule has 3 aromatic rings. The molecule has 0 spiro atoms. The lowest BCUT2D eigenvalue weighted by atomic mass is 9.96. The van der Waals surface area contributed by atoms with E-state index in [-0.39, 0.29) is 5.78 Å². The van der Waals surface area contributed by atoms with E-state index in [1.54, 1.807) is 6.08 Å². The highest BCUT2D eigenvalue weighted by Crippen LogP contribution is 2.19. The first-order valence-electron chi connectivity index (χ1n) is 7.76. The molecule has 0 aromatic heterocycles. The molecule has 0 bridgehead atoms. The molecule has 0 aliphatic heterocycles. The maximum Gasteiger partial charge on any atom is 0.194 e. The standard InChI is InChI=1S/C23H16O/c24-23(21-16-8-3-9-17-21)22(20-14-6-2-7-15-20)18-10-13-19-11-4-1-5-12-19/h1-9,11-12,14-18H/b22-18+. The van der Waals surface area contributed by atoms with Crippen LogP contribution in [0.4, 0.5) is 0 Å². The van der Waals surface area contributed by atoms with Crippen molar-refractivity contribution in [3.05, 3.63) is 114 Å². The molecule has 1 heteroatoms. The van der Waals surface area contributed by atoms with Crippen molar-refractivity contribution in [2.24, 2.45) is 0 Å². The fraction of sp³-hybridized carbons (Fsp3) is 0. The number of hydrogen-bond acceptors (Lipinski definition) is 1. The summed E-state index contributed by atoms with van der Waals surface area (Å²) in [5.74, 6) is 6.07. The Balaban J connectivity index is 1.99. The zero-order valence-corrected chi connectivity index (χ0v) is 13.1. The SMILES string of the molecule is O=C(/C(=C/C#Cc1ccccc1)c1ccccc1)c1ccccc1. The van der Waals surface area contributed by atoms with Gasteiger partial charge in [0, 0.05) is 22.8 Å². The summed E-state index contributed by atoms with van der Waals surface area (Å²) in [5, 5.41) is 0. The molecule has 0 amide bonds. The van der Waals surface area contributed by atoms with Crippen molar-refractivity contribution >= 4 is 11.4 Å². The van der Waals surface area contributed by atoms with Gasteiger partial charge >= 0.3 is 0 Å². The molecular weight excluding hydrogens is 292 g/mol. The van der Waals surface area contributed by atoms with Crippen molar-refractivity contribution in [2.75, 3.05) is 0 Å². The summed E-state index contributed by atoms with van der Waals surface area (Å²) < 4.78 is 0. The first-order valence-corrected chi connectivity index (χ1v) is 7.76. The van der Waals surface area contributed by atoms with Crippen LogP contribution in [0.3, 0.4) is 0 Å². The smallest absolute Gasteiger partial charge is 0.194 e. The van der Waals surface area contributed by atoms with Crippen LogP contribution in [0.2, 0.25) is 0 Å². The predicted octanol–water partition coefficient (Wildman–Crippen LogP) is 5.00. The maximum absolute atomic E-state index is 12.9. The van der Waals surface area contributed by atoms with Gasteiger partial charge in [0.05, 0.1) is 0 Å². The van der Waals surface area contributed by atoms with Gasteiger partial charge in [-0.25, -0.2) is 0 Å². The average Bonchev–Trinajstić information content (AvgIpc) is 2.67. The van der Waals surface area contributed by atoms with Gasteiger partial charge in [-0.2, -0.15) is 0 Å². The zero-order chi connectivity index (χ0) is 16.6. The lowest BCUT2D eigenvalue weighted by Gasteiger charge is -2.05. The minimum absolute atomic E-state index is 0.0239. The molecular formula is C23H16O. The summed E-state index contributed by atoms with van der Waals surface area (Å²) in [6.07, 6.45) is 1.71. The lowest BCUT2D eigenvalue weighted by molar-refractivity contribution is 0.105. The van der Waals surface area contributed by atoms with Crippen molar-refractivity contribution in [3.8, 4) is 11.8 Å². The third kappa shape index (κ3) is 3.88. The Hall–Kier alpha value is -3.37. The number of Topliss-reactive ketones (excluding diaryl/α,β-unsaturated/α-hetero) is 1. The number of rotatable bonds is 3. The molecule has 0 saturated carbocycles. The van der Waals surface area contributed by atoms with Gasteiger partial charge in [0.2, 0.25) is 0 Å². The topological polar surface area (TPSA) is 17.1 Å². The molecule has 0 saturated heterocycles. The quantitative estimate of drug-likeness (QED) is 0.378. The first-order chi connectivity index (χ1) is 11.8. The molecule has 1 nitrogen and oxygen atoms in total. The number of carbonyl (C=O) groups excluding carboxylic acids is 1. The van der Waals surface area contributed by atoms with Gasteiger partial charge in [-0.15, -0.1) is 0 Å². The predicted molar refractivity (Wildman–Crippen MR) is 98.5 cm³/mol. The minimum Gasteiger partial charge on any atom is -0.289 e. The van der Waals surface area contributed by atoms with E-state index >= 15 is 0 Å². The van der Waals surface area contributed by atoms with E-state index in [1.165, 1.54) is 0 Å². The molecule has 0 N–H and O–H groups in total. The number of benzene rings is 3. The maximum atomic E-state index is 12.9. The van der Waals surface area contributed by atoms with Gasteiger partial charge in [-0.3, -0.25) is 4.79 Å². The molecule has 0 heterocycles. The van der Waals surface area contributed by atoms with Crippen molar-refractivity contribution in [1.29, 1.82) is 0 Å². The van der Waals surface area contributed by atoms with Crippen LogP contribution in [0.1, 0.15) is 21.5 Å². The van der Waals surface area contributed by atoms with Gasteiger partial charge in [-0.05, 0) is 17.7 Å². The Morgan fingerprint density at radius 2 is 1.17 bits per heavy atom. The Morgan fingerprint density at radius 1 is 0.667 bits per heavy atom. The van der Waals surface area contributed by atoms with Crippen molar-refractivity contribution in [3.63, 3.8) is 0 Å². The fourth-order valence-electron chi connectivity index (χ4n) is 2.36. The van der Waals surface area contributed by atoms with E-state index in [0.29, 0.717) is 11.1 Å². The van der Waals surface area contributed by atoms with Crippen LogP contribution in [0.5, 0.6) is 0 Å². The minimum atomic E-state index is -0.0239. The van der Waals surface area contributed by atoms with E-state index in [1.807, 2.05) is 91.0 Å². The molecule has 3 aromatic carbocycles. The van der Waals surface area contributed by atoms with Crippen molar-refractivity contribution in [2.45, 2.75) is 0 Å². The van der Waals surface area contributed by atoms with Gasteiger partial charge in [0.15, 0.2) is 5.78 Å². The van der Waals surface area contributed by atoms with E-state index in [9.17, 15) is 4.79 Å². The summed E-state index contributed by atoms with van der Waals surface area (Å²) in [6.45, 7) is 0. The molecule has 0 unspecified atom stereocenters. The van der Waals surface area contributed by atoms with Gasteiger partial charge in [0.1, 0.15) is 0 Å². The highest BCUT2D eigenvalue weighted by Gasteiger charge is 2.13. The second-order valence-electron chi connectivity index (χ2n) is 5.25. The van der Waals surface area contributed by atoms with Gasteiger partial charge in [0.25, 0.3) is 0 Å². The van der Waals surface area contributed by atoms with E-state index in [2.05, 4.69) is 11.8 Å².